The second-order valence-electron chi connectivity index (χ2n) is 6.92. The van der Waals surface area contributed by atoms with Crippen LogP contribution >= 0.6 is 11.8 Å². The third kappa shape index (κ3) is 3.76. The molecule has 0 atom stereocenters. The van der Waals surface area contributed by atoms with Gasteiger partial charge in [-0.25, -0.2) is 0 Å². The van der Waals surface area contributed by atoms with E-state index >= 15 is 0 Å². The molecule has 132 valence electrons. The summed E-state index contributed by atoms with van der Waals surface area (Å²) in [7, 11) is 0. The van der Waals surface area contributed by atoms with Gasteiger partial charge in [-0.1, -0.05) is 62.0 Å². The lowest BCUT2D eigenvalue weighted by Crippen LogP contribution is -2.13. The highest BCUT2D eigenvalue weighted by atomic mass is 32.2. The van der Waals surface area contributed by atoms with Gasteiger partial charge in [0.1, 0.15) is 0 Å². The van der Waals surface area contributed by atoms with Gasteiger partial charge in [0, 0.05) is 17.5 Å². The van der Waals surface area contributed by atoms with Crippen LogP contribution in [0.5, 0.6) is 0 Å². The fraction of sp³-hybridized carbons (Fsp3) is 0.444. The van der Waals surface area contributed by atoms with Gasteiger partial charge >= 0.3 is 0 Å². The van der Waals surface area contributed by atoms with Crippen molar-refractivity contribution in [1.29, 1.82) is 0 Å². The number of aromatic nitrogens is 5. The Bertz CT molecular complexity index is 862. The number of hydrogen-bond acceptors (Lipinski definition) is 6. The van der Waals surface area contributed by atoms with E-state index in [1.54, 1.807) is 11.8 Å². The standard InChI is InChI=1S/C18H23N5OS/c1-6-23-15(13-10-8-7-9-12(13)2)20-21-17(23)25-11-14-19-16(22-24-14)18(3,4)5/h7-10H,6,11H2,1-5H3. The summed E-state index contributed by atoms with van der Waals surface area (Å²) in [5.74, 6) is 2.80. The maximum Gasteiger partial charge on any atom is 0.237 e. The summed E-state index contributed by atoms with van der Waals surface area (Å²) in [6.45, 7) is 11.2. The number of benzene rings is 1. The largest absolute Gasteiger partial charge is 0.338 e. The van der Waals surface area contributed by atoms with Crippen LogP contribution in [0.3, 0.4) is 0 Å². The average molecular weight is 357 g/mol. The summed E-state index contributed by atoms with van der Waals surface area (Å²) in [5, 5.41) is 13.7. The molecule has 7 heteroatoms. The van der Waals surface area contributed by atoms with Crippen LogP contribution in [0.15, 0.2) is 33.9 Å². The number of hydrogen-bond donors (Lipinski definition) is 0. The van der Waals surface area contributed by atoms with Crippen LogP contribution < -0.4 is 0 Å². The molecule has 0 aliphatic carbocycles. The molecule has 2 aromatic heterocycles. The topological polar surface area (TPSA) is 69.6 Å². The molecule has 0 aliphatic heterocycles. The molecule has 0 unspecified atom stereocenters. The Kier molecular flexibility index (Phi) is 4.94. The first kappa shape index (κ1) is 17.7. The highest BCUT2D eigenvalue weighted by Gasteiger charge is 2.21. The first-order chi connectivity index (χ1) is 11.9. The summed E-state index contributed by atoms with van der Waals surface area (Å²) in [6.07, 6.45) is 0. The molecule has 0 N–H and O–H groups in total. The smallest absolute Gasteiger partial charge is 0.237 e. The lowest BCUT2D eigenvalue weighted by atomic mass is 9.96. The van der Waals surface area contributed by atoms with E-state index < -0.39 is 0 Å². The first-order valence-electron chi connectivity index (χ1n) is 8.35. The minimum atomic E-state index is -0.117. The van der Waals surface area contributed by atoms with Crippen LogP contribution in [0.1, 0.15) is 45.0 Å². The Morgan fingerprint density at radius 2 is 1.92 bits per heavy atom. The molecule has 0 saturated heterocycles. The maximum absolute atomic E-state index is 5.36. The van der Waals surface area contributed by atoms with E-state index in [9.17, 15) is 0 Å². The van der Waals surface area contributed by atoms with Gasteiger partial charge in [0.2, 0.25) is 5.89 Å². The molecule has 0 saturated carbocycles. The maximum atomic E-state index is 5.36. The lowest BCUT2D eigenvalue weighted by Gasteiger charge is -2.10. The summed E-state index contributed by atoms with van der Waals surface area (Å²) < 4.78 is 7.48. The van der Waals surface area contributed by atoms with Gasteiger partial charge in [0.25, 0.3) is 0 Å². The number of aryl methyl sites for hydroxylation is 1. The predicted octanol–water partition coefficient (Wildman–Crippen LogP) is 4.25. The van der Waals surface area contributed by atoms with E-state index in [0.717, 1.165) is 28.9 Å². The molecule has 2 heterocycles. The fourth-order valence-corrected chi connectivity index (χ4v) is 3.29. The van der Waals surface area contributed by atoms with Gasteiger partial charge in [0.15, 0.2) is 16.8 Å². The van der Waals surface area contributed by atoms with E-state index in [0.29, 0.717) is 11.6 Å². The zero-order chi connectivity index (χ0) is 18.0. The van der Waals surface area contributed by atoms with Crippen LogP contribution in [0, 0.1) is 6.92 Å². The number of nitrogens with zero attached hydrogens (tertiary/aromatic N) is 5. The highest BCUT2D eigenvalue weighted by molar-refractivity contribution is 7.98. The van der Waals surface area contributed by atoms with Crippen molar-refractivity contribution >= 4 is 11.8 Å². The van der Waals surface area contributed by atoms with Crippen LogP contribution in [-0.4, -0.2) is 24.9 Å². The summed E-state index contributed by atoms with van der Waals surface area (Å²) >= 11 is 1.56. The van der Waals surface area contributed by atoms with Gasteiger partial charge in [0.05, 0.1) is 5.75 Å². The van der Waals surface area contributed by atoms with Crippen LogP contribution in [-0.2, 0) is 17.7 Å². The third-order valence-corrected chi connectivity index (χ3v) is 4.83. The monoisotopic (exact) mass is 357 g/mol. The minimum absolute atomic E-state index is 0.117. The molecule has 3 aromatic rings. The molecule has 3 rings (SSSR count). The van der Waals surface area contributed by atoms with E-state index in [2.05, 4.69) is 71.7 Å². The molecule has 0 amide bonds. The molecular formula is C18H23N5OS. The molecule has 0 fully saturated rings. The van der Waals surface area contributed by atoms with Gasteiger partial charge in [-0.3, -0.25) is 0 Å². The van der Waals surface area contributed by atoms with Gasteiger partial charge < -0.3 is 9.09 Å². The quantitative estimate of drug-likeness (QED) is 0.636. The van der Waals surface area contributed by atoms with E-state index in [1.165, 1.54) is 5.56 Å². The second kappa shape index (κ2) is 7.00. The van der Waals surface area contributed by atoms with E-state index in [-0.39, 0.29) is 5.41 Å². The Labute approximate surface area is 152 Å². The Hall–Kier alpha value is -2.15. The van der Waals surface area contributed by atoms with E-state index in [4.69, 9.17) is 4.52 Å². The van der Waals surface area contributed by atoms with Crippen molar-refractivity contribution in [3.63, 3.8) is 0 Å². The Morgan fingerprint density at radius 1 is 1.16 bits per heavy atom. The van der Waals surface area contributed by atoms with Crippen LogP contribution in [0.2, 0.25) is 0 Å². The minimum Gasteiger partial charge on any atom is -0.338 e. The third-order valence-electron chi connectivity index (χ3n) is 3.88. The van der Waals surface area contributed by atoms with Gasteiger partial charge in [-0.15, -0.1) is 10.2 Å². The molecule has 0 radical (unpaired) electrons. The van der Waals surface area contributed by atoms with Crippen molar-refractivity contribution in [2.24, 2.45) is 0 Å². The highest BCUT2D eigenvalue weighted by Crippen LogP contribution is 2.28. The fourth-order valence-electron chi connectivity index (χ4n) is 2.45. The van der Waals surface area contributed by atoms with E-state index in [1.807, 2.05) is 12.1 Å². The van der Waals surface area contributed by atoms with Gasteiger partial charge in [-0.2, -0.15) is 4.98 Å². The average Bonchev–Trinajstić information content (AvgIpc) is 3.19. The normalized spacial score (nSPS) is 11.9. The molecule has 1 aromatic carbocycles. The van der Waals surface area contributed by atoms with Crippen molar-refractivity contribution in [2.75, 3.05) is 0 Å². The van der Waals surface area contributed by atoms with Crippen molar-refractivity contribution in [2.45, 2.75) is 57.5 Å². The number of rotatable bonds is 5. The number of thioether (sulfide) groups is 1. The van der Waals surface area contributed by atoms with Crippen molar-refractivity contribution < 1.29 is 4.52 Å². The Morgan fingerprint density at radius 3 is 2.56 bits per heavy atom. The summed E-state index contributed by atoms with van der Waals surface area (Å²) in [4.78, 5) is 4.48. The van der Waals surface area contributed by atoms with Crippen molar-refractivity contribution in [3.05, 3.63) is 41.5 Å². The molecule has 0 bridgehead atoms. The van der Waals surface area contributed by atoms with Crippen molar-refractivity contribution in [3.8, 4) is 11.4 Å². The van der Waals surface area contributed by atoms with Crippen LogP contribution in [0.25, 0.3) is 11.4 Å². The molecule has 25 heavy (non-hydrogen) atoms. The van der Waals surface area contributed by atoms with Gasteiger partial charge in [-0.05, 0) is 19.4 Å². The summed E-state index contributed by atoms with van der Waals surface area (Å²) in [6, 6.07) is 8.22. The lowest BCUT2D eigenvalue weighted by molar-refractivity contribution is 0.372. The molecular weight excluding hydrogens is 334 g/mol. The molecule has 6 nitrogen and oxygen atoms in total. The molecule has 0 spiro atoms. The SMILES string of the molecule is CCn1c(SCc2nc(C(C)(C)C)no2)nnc1-c1ccccc1C. The Balaban J connectivity index is 1.80. The first-order valence-corrected chi connectivity index (χ1v) is 9.33. The summed E-state index contributed by atoms with van der Waals surface area (Å²) in [5.41, 5.74) is 2.18. The zero-order valence-corrected chi connectivity index (χ0v) is 16.1. The predicted molar refractivity (Wildman–Crippen MR) is 98.4 cm³/mol. The van der Waals surface area contributed by atoms with Crippen LogP contribution in [0.4, 0.5) is 0 Å². The second-order valence-corrected chi connectivity index (χ2v) is 7.86. The zero-order valence-electron chi connectivity index (χ0n) is 15.3. The molecule has 0 aliphatic rings. The van der Waals surface area contributed by atoms with Crippen molar-refractivity contribution in [1.82, 2.24) is 24.9 Å².